The summed E-state index contributed by atoms with van der Waals surface area (Å²) < 4.78 is 59.0. The summed E-state index contributed by atoms with van der Waals surface area (Å²) in [6.45, 7) is 0. The Morgan fingerprint density at radius 3 is 2.37 bits per heavy atom. The molecule has 1 rings (SSSR count). The minimum Gasteiger partial charge on any atom is -0.549 e. The van der Waals surface area contributed by atoms with Crippen molar-refractivity contribution in [3.8, 4) is 0 Å². The number of alkyl halides is 3. The van der Waals surface area contributed by atoms with Crippen molar-refractivity contribution in [3.63, 3.8) is 0 Å². The molecule has 19 heavy (non-hydrogen) atoms. The van der Waals surface area contributed by atoms with Crippen LogP contribution in [0.5, 0.6) is 0 Å². The Hall–Kier alpha value is -1.42. The lowest BCUT2D eigenvalue weighted by atomic mass is 10.3. The van der Waals surface area contributed by atoms with E-state index in [0.717, 1.165) is 23.9 Å². The predicted molar refractivity (Wildman–Crippen MR) is 59.8 cm³/mol. The van der Waals surface area contributed by atoms with Crippen molar-refractivity contribution >= 4 is 33.3 Å². The summed E-state index contributed by atoms with van der Waals surface area (Å²) >= 11 is 0.719. The monoisotopic (exact) mass is 314 g/mol. The number of hydrogen-bond acceptors (Lipinski definition) is 6. The molecule has 2 N–H and O–H groups in total. The van der Waals surface area contributed by atoms with Crippen molar-refractivity contribution in [1.29, 1.82) is 0 Å². The summed E-state index contributed by atoms with van der Waals surface area (Å²) in [7, 11) is -5.46. The number of hydrogen-bond donors (Lipinski definition) is 1. The van der Waals surface area contributed by atoms with Crippen molar-refractivity contribution in [2.45, 2.75) is 15.3 Å². The van der Waals surface area contributed by atoms with Crippen LogP contribution in [0.3, 0.4) is 0 Å². The summed E-state index contributed by atoms with van der Waals surface area (Å²) in [5.41, 5.74) is -0.289. The number of thioether (sulfide) groups is 1. The summed E-state index contributed by atoms with van der Waals surface area (Å²) in [6, 6.07) is 2.37. The molecule has 0 unspecified atom stereocenters. The zero-order valence-corrected chi connectivity index (χ0v) is 10.7. The number of aliphatic carboxylic acids is 1. The van der Waals surface area contributed by atoms with E-state index in [1.807, 2.05) is 0 Å². The highest BCUT2D eigenvalue weighted by molar-refractivity contribution is 8.00. The largest absolute Gasteiger partial charge is 0.549 e. The van der Waals surface area contributed by atoms with E-state index in [0.29, 0.717) is 6.07 Å². The van der Waals surface area contributed by atoms with Crippen LogP contribution in [0.4, 0.5) is 18.9 Å². The van der Waals surface area contributed by atoms with Gasteiger partial charge in [-0.1, -0.05) is 0 Å². The van der Waals surface area contributed by atoms with E-state index in [2.05, 4.69) is 0 Å². The molecule has 106 valence electrons. The number of halogens is 3. The smallest absolute Gasteiger partial charge is 0.501 e. The second-order valence-electron chi connectivity index (χ2n) is 3.31. The van der Waals surface area contributed by atoms with Gasteiger partial charge >= 0.3 is 5.51 Å². The van der Waals surface area contributed by atoms with Crippen LogP contribution >= 0.6 is 11.8 Å². The number of sulfone groups is 1. The lowest BCUT2D eigenvalue weighted by molar-refractivity contribution is -0.301. The van der Waals surface area contributed by atoms with Crippen molar-refractivity contribution < 1.29 is 31.5 Å². The van der Waals surface area contributed by atoms with Gasteiger partial charge in [-0.05, 0) is 18.2 Å². The van der Waals surface area contributed by atoms with Crippen molar-refractivity contribution in [3.05, 3.63) is 18.2 Å². The lowest BCUT2D eigenvalue weighted by Gasteiger charge is -2.11. The quantitative estimate of drug-likeness (QED) is 0.638. The molecule has 0 bridgehead atoms. The van der Waals surface area contributed by atoms with Crippen LogP contribution in [0.2, 0.25) is 0 Å². The molecule has 10 heteroatoms. The lowest BCUT2D eigenvalue weighted by Crippen LogP contribution is -2.24. The standard InChI is InChI=1S/C9H8F3NO4S2/c10-9(11,12)19(16,17)5-1-2-7(6(13)3-5)18-4-8(14)15/h1-3H,4,13H2,(H,14,15)/p-1. The van der Waals surface area contributed by atoms with Crippen LogP contribution < -0.4 is 10.8 Å². The fourth-order valence-electron chi connectivity index (χ4n) is 1.10. The zero-order chi connectivity index (χ0) is 14.8. The number of benzene rings is 1. The third-order valence-electron chi connectivity index (χ3n) is 1.94. The molecular weight excluding hydrogens is 307 g/mol. The highest BCUT2D eigenvalue weighted by atomic mass is 32.2. The first-order chi connectivity index (χ1) is 8.55. The molecule has 0 fully saturated rings. The Morgan fingerprint density at radius 2 is 1.95 bits per heavy atom. The molecular formula is C9H7F3NO4S2-. The molecule has 1 aromatic carbocycles. The molecule has 0 heterocycles. The van der Waals surface area contributed by atoms with E-state index in [4.69, 9.17) is 5.73 Å². The van der Waals surface area contributed by atoms with E-state index in [-0.39, 0.29) is 10.6 Å². The van der Waals surface area contributed by atoms with Crippen LogP contribution in [0.1, 0.15) is 0 Å². The SMILES string of the molecule is Nc1cc(S(=O)(=O)C(F)(F)F)ccc1SCC(=O)[O-]. The number of anilines is 1. The molecule has 5 nitrogen and oxygen atoms in total. The molecule has 0 aliphatic rings. The van der Waals surface area contributed by atoms with Crippen LogP contribution in [0.15, 0.2) is 28.0 Å². The van der Waals surface area contributed by atoms with Crippen molar-refractivity contribution in [2.24, 2.45) is 0 Å². The molecule has 0 radical (unpaired) electrons. The van der Waals surface area contributed by atoms with Gasteiger partial charge in [-0.2, -0.15) is 13.2 Å². The predicted octanol–water partition coefficient (Wildman–Crippen LogP) is 0.404. The molecule has 0 saturated carbocycles. The van der Waals surface area contributed by atoms with E-state index in [1.165, 1.54) is 0 Å². The number of carbonyl (C=O) groups is 1. The second-order valence-corrected chi connectivity index (χ2v) is 6.27. The normalized spacial score (nSPS) is 12.4. The van der Waals surface area contributed by atoms with E-state index >= 15 is 0 Å². The average molecular weight is 314 g/mol. The van der Waals surface area contributed by atoms with E-state index < -0.39 is 32.0 Å². The minimum absolute atomic E-state index is 0.158. The number of carboxylic acid groups (broad SMARTS) is 1. The molecule has 0 spiro atoms. The van der Waals surface area contributed by atoms with E-state index in [9.17, 15) is 31.5 Å². The summed E-state index contributed by atoms with van der Waals surface area (Å²) in [5.74, 6) is -1.83. The van der Waals surface area contributed by atoms with Gasteiger partial charge in [0, 0.05) is 16.3 Å². The number of nitrogen functional groups attached to an aromatic ring is 1. The fraction of sp³-hybridized carbons (Fsp3) is 0.222. The molecule has 0 saturated heterocycles. The van der Waals surface area contributed by atoms with Crippen LogP contribution in [0, 0.1) is 0 Å². The van der Waals surface area contributed by atoms with Gasteiger partial charge < -0.3 is 15.6 Å². The van der Waals surface area contributed by atoms with Gasteiger partial charge in [-0.3, -0.25) is 0 Å². The first-order valence-electron chi connectivity index (χ1n) is 4.59. The maximum absolute atomic E-state index is 12.3. The van der Waals surface area contributed by atoms with Gasteiger partial charge in [-0.25, -0.2) is 8.42 Å². The Morgan fingerprint density at radius 1 is 1.37 bits per heavy atom. The van der Waals surface area contributed by atoms with Gasteiger partial charge in [0.1, 0.15) is 0 Å². The highest BCUT2D eigenvalue weighted by Crippen LogP contribution is 2.33. The summed E-state index contributed by atoms with van der Waals surface area (Å²) in [6.07, 6.45) is 0. The van der Waals surface area contributed by atoms with Crippen LogP contribution in [0.25, 0.3) is 0 Å². The second kappa shape index (κ2) is 5.29. The van der Waals surface area contributed by atoms with Gasteiger partial charge in [0.05, 0.1) is 10.9 Å². The van der Waals surface area contributed by atoms with Crippen LogP contribution in [-0.4, -0.2) is 25.6 Å². The third-order valence-corrected chi connectivity index (χ3v) is 4.49. The van der Waals surface area contributed by atoms with Crippen LogP contribution in [-0.2, 0) is 14.6 Å². The van der Waals surface area contributed by atoms with Gasteiger partial charge in [0.25, 0.3) is 9.84 Å². The zero-order valence-electron chi connectivity index (χ0n) is 9.10. The average Bonchev–Trinajstić information content (AvgIpc) is 2.25. The molecule has 0 amide bonds. The number of rotatable bonds is 4. The summed E-state index contributed by atoms with van der Waals surface area (Å²) in [5, 5.41) is 10.2. The van der Waals surface area contributed by atoms with Gasteiger partial charge in [0.15, 0.2) is 0 Å². The molecule has 0 aliphatic carbocycles. The van der Waals surface area contributed by atoms with Crippen molar-refractivity contribution in [1.82, 2.24) is 0 Å². The first-order valence-corrected chi connectivity index (χ1v) is 7.06. The fourth-order valence-corrected chi connectivity index (χ4v) is 2.56. The Kier molecular flexibility index (Phi) is 4.35. The number of nitrogens with two attached hydrogens (primary N) is 1. The first kappa shape index (κ1) is 15.6. The molecule has 0 aromatic heterocycles. The Bertz CT molecular complexity index is 598. The minimum atomic E-state index is -5.46. The Balaban J connectivity index is 3.11. The number of carbonyl (C=O) groups excluding carboxylic acids is 1. The third kappa shape index (κ3) is 3.53. The van der Waals surface area contributed by atoms with Gasteiger partial charge in [-0.15, -0.1) is 11.8 Å². The molecule has 0 atom stereocenters. The molecule has 0 aliphatic heterocycles. The topological polar surface area (TPSA) is 100 Å². The highest BCUT2D eigenvalue weighted by Gasteiger charge is 2.46. The maximum atomic E-state index is 12.3. The maximum Gasteiger partial charge on any atom is 0.501 e. The van der Waals surface area contributed by atoms with E-state index in [1.54, 1.807) is 0 Å². The Labute approximate surface area is 110 Å². The van der Waals surface area contributed by atoms with Gasteiger partial charge in [0.2, 0.25) is 0 Å². The number of carboxylic acids is 1. The summed E-state index contributed by atoms with van der Waals surface area (Å²) in [4.78, 5) is 9.39. The molecule has 1 aromatic rings. The van der Waals surface area contributed by atoms with Crippen molar-refractivity contribution in [2.75, 3.05) is 11.5 Å².